The molecule has 4 unspecified atom stereocenters. The Morgan fingerprint density at radius 3 is 1.91 bits per heavy atom. The Morgan fingerprint density at radius 2 is 1.40 bits per heavy atom. The fourth-order valence-corrected chi connectivity index (χ4v) is 3.16. The maximum absolute atomic E-state index is 12.8. The summed E-state index contributed by atoms with van der Waals surface area (Å²) in [6.07, 6.45) is -1.37. The van der Waals surface area contributed by atoms with Crippen molar-refractivity contribution in [1.82, 2.24) is 16.0 Å². The fourth-order valence-electron chi connectivity index (χ4n) is 2.92. The van der Waals surface area contributed by atoms with Gasteiger partial charge in [0, 0.05) is 12.2 Å². The Kier molecular flexibility index (Phi) is 12.2. The number of aliphatic carboxylic acids is 2. The SMILES string of the molecule is NC(=O)CC(NC(=O)C(CCC(=O)O)NC(=O)C(N)Cc1ccccc1)C(=O)NC(CS)C(=O)O. The Hall–Kier alpha value is -3.65. The topological polar surface area (TPSA) is 231 Å². The third-order valence-electron chi connectivity index (χ3n) is 4.75. The van der Waals surface area contributed by atoms with E-state index in [0.29, 0.717) is 0 Å². The van der Waals surface area contributed by atoms with Crippen LogP contribution in [-0.4, -0.2) is 75.7 Å². The summed E-state index contributed by atoms with van der Waals surface area (Å²) in [5, 5.41) is 24.8. The molecular formula is C21H29N5O8S. The summed E-state index contributed by atoms with van der Waals surface area (Å²) < 4.78 is 0. The summed E-state index contributed by atoms with van der Waals surface area (Å²) in [4.78, 5) is 71.5. The van der Waals surface area contributed by atoms with Crippen LogP contribution < -0.4 is 27.4 Å². The zero-order chi connectivity index (χ0) is 26.5. The summed E-state index contributed by atoms with van der Waals surface area (Å²) in [5.74, 6) is -6.62. The molecule has 0 fully saturated rings. The summed E-state index contributed by atoms with van der Waals surface area (Å²) >= 11 is 3.82. The van der Waals surface area contributed by atoms with Crippen molar-refractivity contribution in [3.8, 4) is 0 Å². The number of carbonyl (C=O) groups is 6. The molecule has 0 aliphatic rings. The van der Waals surface area contributed by atoms with Gasteiger partial charge in [0.15, 0.2) is 0 Å². The molecular weight excluding hydrogens is 482 g/mol. The van der Waals surface area contributed by atoms with Crippen molar-refractivity contribution in [1.29, 1.82) is 0 Å². The molecule has 35 heavy (non-hydrogen) atoms. The van der Waals surface area contributed by atoms with Crippen molar-refractivity contribution in [3.63, 3.8) is 0 Å². The van der Waals surface area contributed by atoms with E-state index in [4.69, 9.17) is 21.7 Å². The predicted molar refractivity (Wildman–Crippen MR) is 126 cm³/mol. The number of hydrogen-bond donors (Lipinski definition) is 8. The zero-order valence-electron chi connectivity index (χ0n) is 18.7. The van der Waals surface area contributed by atoms with Crippen LogP contribution in [0, 0.1) is 0 Å². The molecule has 4 atom stereocenters. The van der Waals surface area contributed by atoms with E-state index in [9.17, 15) is 28.8 Å². The van der Waals surface area contributed by atoms with E-state index in [1.165, 1.54) is 0 Å². The predicted octanol–water partition coefficient (Wildman–Crippen LogP) is -2.23. The van der Waals surface area contributed by atoms with Gasteiger partial charge in [0.1, 0.15) is 18.1 Å². The highest BCUT2D eigenvalue weighted by atomic mass is 32.1. The van der Waals surface area contributed by atoms with Gasteiger partial charge in [-0.05, 0) is 18.4 Å². The fraction of sp³-hybridized carbons (Fsp3) is 0.429. The molecule has 9 N–H and O–H groups in total. The third-order valence-corrected chi connectivity index (χ3v) is 5.12. The highest BCUT2D eigenvalue weighted by Crippen LogP contribution is 2.05. The number of nitrogens with one attached hydrogen (secondary N) is 3. The van der Waals surface area contributed by atoms with Gasteiger partial charge in [-0.2, -0.15) is 12.6 Å². The molecule has 0 spiro atoms. The maximum Gasteiger partial charge on any atom is 0.327 e. The van der Waals surface area contributed by atoms with Crippen molar-refractivity contribution in [2.45, 2.75) is 49.9 Å². The lowest BCUT2D eigenvalue weighted by atomic mass is 10.0. The molecule has 14 heteroatoms. The van der Waals surface area contributed by atoms with Gasteiger partial charge in [0.2, 0.25) is 23.6 Å². The highest BCUT2D eigenvalue weighted by Gasteiger charge is 2.31. The maximum atomic E-state index is 12.8. The number of rotatable bonds is 15. The van der Waals surface area contributed by atoms with Crippen molar-refractivity contribution >= 4 is 48.2 Å². The standard InChI is InChI=1S/C21H29N5O8S/c22-12(8-11-4-2-1-3-5-11)18(30)24-13(6-7-17(28)29)19(31)25-14(9-16(23)27)20(32)26-15(10-35)21(33)34/h1-5,12-15,35H,6-10,22H2,(H2,23,27)(H,24,30)(H,25,31)(H,26,32)(H,28,29)(H,33,34). The average Bonchev–Trinajstić information content (AvgIpc) is 2.79. The van der Waals surface area contributed by atoms with Crippen molar-refractivity contribution in [2.75, 3.05) is 5.75 Å². The molecule has 0 bridgehead atoms. The number of nitrogens with two attached hydrogens (primary N) is 2. The smallest absolute Gasteiger partial charge is 0.327 e. The van der Waals surface area contributed by atoms with Crippen molar-refractivity contribution in [2.24, 2.45) is 11.5 Å². The lowest BCUT2D eigenvalue weighted by molar-refractivity contribution is -0.141. The number of primary amides is 1. The van der Waals surface area contributed by atoms with E-state index in [2.05, 4.69) is 28.6 Å². The second kappa shape index (κ2) is 14.6. The van der Waals surface area contributed by atoms with Gasteiger partial charge in [-0.15, -0.1) is 0 Å². The molecule has 0 aromatic heterocycles. The van der Waals surface area contributed by atoms with E-state index in [1.807, 2.05) is 0 Å². The monoisotopic (exact) mass is 511 g/mol. The number of thiol groups is 1. The molecule has 0 saturated carbocycles. The highest BCUT2D eigenvalue weighted by molar-refractivity contribution is 7.80. The van der Waals surface area contributed by atoms with Gasteiger partial charge < -0.3 is 37.6 Å². The Bertz CT molecular complexity index is 930. The molecule has 1 aromatic carbocycles. The number of amides is 4. The first-order valence-corrected chi connectivity index (χ1v) is 11.1. The normalized spacial score (nSPS) is 14.0. The van der Waals surface area contributed by atoms with Gasteiger partial charge in [-0.3, -0.25) is 24.0 Å². The van der Waals surface area contributed by atoms with E-state index < -0.39 is 72.6 Å². The lowest BCUT2D eigenvalue weighted by Crippen LogP contribution is -2.58. The van der Waals surface area contributed by atoms with Gasteiger partial charge in [-0.1, -0.05) is 30.3 Å². The Balaban J connectivity index is 2.97. The number of hydrogen-bond acceptors (Lipinski definition) is 8. The number of carboxylic acid groups (broad SMARTS) is 2. The van der Waals surface area contributed by atoms with Crippen LogP contribution in [0.2, 0.25) is 0 Å². The molecule has 1 rings (SSSR count). The lowest BCUT2D eigenvalue weighted by Gasteiger charge is -2.24. The summed E-state index contributed by atoms with van der Waals surface area (Å²) in [6.45, 7) is 0. The largest absolute Gasteiger partial charge is 0.481 e. The van der Waals surface area contributed by atoms with Crippen LogP contribution in [0.5, 0.6) is 0 Å². The van der Waals surface area contributed by atoms with Gasteiger partial charge in [0.05, 0.1) is 12.5 Å². The first-order chi connectivity index (χ1) is 16.4. The minimum atomic E-state index is -1.58. The third kappa shape index (κ3) is 10.9. The number of benzene rings is 1. The minimum Gasteiger partial charge on any atom is -0.481 e. The van der Waals surface area contributed by atoms with Gasteiger partial charge in [0.25, 0.3) is 0 Å². The zero-order valence-corrected chi connectivity index (χ0v) is 19.6. The summed E-state index contributed by atoms with van der Waals surface area (Å²) in [6, 6.07) is 3.35. The molecule has 13 nitrogen and oxygen atoms in total. The number of carbonyl (C=O) groups excluding carboxylic acids is 4. The van der Waals surface area contributed by atoms with Crippen LogP contribution in [-0.2, 0) is 35.2 Å². The van der Waals surface area contributed by atoms with E-state index in [0.717, 1.165) is 5.56 Å². The molecule has 0 aliphatic heterocycles. The van der Waals surface area contributed by atoms with Crippen LogP contribution >= 0.6 is 12.6 Å². The molecule has 0 aliphatic carbocycles. The minimum absolute atomic E-state index is 0.146. The van der Waals surface area contributed by atoms with Crippen molar-refractivity contribution < 1.29 is 39.0 Å². The second-order valence-corrected chi connectivity index (χ2v) is 7.97. The molecule has 192 valence electrons. The molecule has 0 saturated heterocycles. The van der Waals surface area contributed by atoms with E-state index in [-0.39, 0.29) is 18.6 Å². The van der Waals surface area contributed by atoms with Crippen LogP contribution in [0.1, 0.15) is 24.8 Å². The molecule has 4 amide bonds. The summed E-state index contributed by atoms with van der Waals surface area (Å²) in [7, 11) is 0. The van der Waals surface area contributed by atoms with Crippen LogP contribution in [0.15, 0.2) is 30.3 Å². The van der Waals surface area contributed by atoms with Crippen molar-refractivity contribution in [3.05, 3.63) is 35.9 Å². The molecule has 0 heterocycles. The molecule has 0 radical (unpaired) electrons. The Labute approximate surface area is 206 Å². The van der Waals surface area contributed by atoms with Crippen LogP contribution in [0.25, 0.3) is 0 Å². The van der Waals surface area contributed by atoms with Crippen LogP contribution in [0.4, 0.5) is 0 Å². The quantitative estimate of drug-likeness (QED) is 0.119. The second-order valence-electron chi connectivity index (χ2n) is 7.60. The first-order valence-electron chi connectivity index (χ1n) is 10.5. The molecule has 1 aromatic rings. The first kappa shape index (κ1) is 29.4. The number of carboxylic acids is 2. The van der Waals surface area contributed by atoms with E-state index in [1.54, 1.807) is 30.3 Å². The van der Waals surface area contributed by atoms with Crippen LogP contribution in [0.3, 0.4) is 0 Å². The summed E-state index contributed by atoms with van der Waals surface area (Å²) in [5.41, 5.74) is 11.8. The van der Waals surface area contributed by atoms with Gasteiger partial charge in [-0.25, -0.2) is 4.79 Å². The van der Waals surface area contributed by atoms with Gasteiger partial charge >= 0.3 is 11.9 Å². The van der Waals surface area contributed by atoms with E-state index >= 15 is 0 Å². The Morgan fingerprint density at radius 1 is 0.857 bits per heavy atom. The average molecular weight is 512 g/mol.